The van der Waals surface area contributed by atoms with E-state index in [0.717, 1.165) is 10.0 Å². The van der Waals surface area contributed by atoms with Crippen molar-refractivity contribution in [2.75, 3.05) is 5.32 Å². The first kappa shape index (κ1) is 12.1. The van der Waals surface area contributed by atoms with Crippen LogP contribution in [0.1, 0.15) is 12.5 Å². The molecule has 0 saturated carbocycles. The first-order chi connectivity index (χ1) is 7.04. The van der Waals surface area contributed by atoms with Gasteiger partial charge in [0.05, 0.1) is 5.69 Å². The van der Waals surface area contributed by atoms with E-state index in [-0.39, 0.29) is 5.91 Å². The molecule has 0 spiro atoms. The molecule has 0 aliphatic heterocycles. The Morgan fingerprint density at radius 1 is 1.53 bits per heavy atom. The molecule has 0 radical (unpaired) electrons. The van der Waals surface area contributed by atoms with E-state index < -0.39 is 0 Å². The van der Waals surface area contributed by atoms with Crippen LogP contribution in [0.4, 0.5) is 5.69 Å². The number of hydrogen-bond acceptors (Lipinski definition) is 1. The van der Waals surface area contributed by atoms with E-state index in [2.05, 4.69) is 33.1 Å². The first-order valence-corrected chi connectivity index (χ1v) is 5.41. The van der Waals surface area contributed by atoms with Gasteiger partial charge in [0.1, 0.15) is 0 Å². The van der Waals surface area contributed by atoms with E-state index in [1.54, 1.807) is 13.0 Å². The maximum atomic E-state index is 11.2. The van der Waals surface area contributed by atoms with Gasteiger partial charge in [0, 0.05) is 9.50 Å². The largest absolute Gasteiger partial charge is 0.314 e. The summed E-state index contributed by atoms with van der Waals surface area (Å²) in [5.41, 5.74) is 1.57. The topological polar surface area (TPSA) is 29.1 Å². The number of anilines is 1. The van der Waals surface area contributed by atoms with Crippen LogP contribution in [-0.2, 0) is 4.79 Å². The zero-order chi connectivity index (χ0) is 11.4. The predicted octanol–water partition coefficient (Wildman–Crippen LogP) is 3.37. The molecule has 1 aromatic rings. The van der Waals surface area contributed by atoms with Crippen molar-refractivity contribution in [3.8, 4) is 11.8 Å². The summed E-state index contributed by atoms with van der Waals surface area (Å²) in [5, 5.41) is 3.24. The molecule has 0 bridgehead atoms. The second-order valence-corrected chi connectivity index (χ2v) is 4.17. The highest BCUT2D eigenvalue weighted by atomic mass is 79.9. The minimum absolute atomic E-state index is 0.349. The van der Waals surface area contributed by atoms with Gasteiger partial charge in [-0.15, -0.1) is 0 Å². The van der Waals surface area contributed by atoms with Gasteiger partial charge in [0.2, 0.25) is 0 Å². The molecule has 0 atom stereocenters. The Labute approximate surface area is 102 Å². The van der Waals surface area contributed by atoms with Crippen LogP contribution in [0.15, 0.2) is 16.6 Å². The van der Waals surface area contributed by atoms with Gasteiger partial charge in [0.15, 0.2) is 0 Å². The summed E-state index contributed by atoms with van der Waals surface area (Å²) in [6.07, 6.45) is 0. The molecule has 15 heavy (non-hydrogen) atoms. The Hall–Kier alpha value is -0.980. The van der Waals surface area contributed by atoms with Gasteiger partial charge in [-0.3, -0.25) is 4.79 Å². The number of carbonyl (C=O) groups excluding carboxylic acids is 1. The summed E-state index contributed by atoms with van der Waals surface area (Å²) < 4.78 is 0.788. The summed E-state index contributed by atoms with van der Waals surface area (Å²) in [6, 6.07) is 3.54. The van der Waals surface area contributed by atoms with Crippen molar-refractivity contribution in [1.82, 2.24) is 0 Å². The number of carbonyl (C=O) groups is 1. The van der Waals surface area contributed by atoms with Gasteiger partial charge in [-0.25, -0.2) is 0 Å². The van der Waals surface area contributed by atoms with Gasteiger partial charge in [0.25, 0.3) is 5.91 Å². The van der Waals surface area contributed by atoms with Crippen molar-refractivity contribution in [1.29, 1.82) is 0 Å². The van der Waals surface area contributed by atoms with Crippen LogP contribution < -0.4 is 5.32 Å². The quantitative estimate of drug-likeness (QED) is 0.788. The molecule has 4 heteroatoms. The fourth-order valence-corrected chi connectivity index (χ4v) is 1.73. The molecule has 0 saturated heterocycles. The van der Waals surface area contributed by atoms with Gasteiger partial charge in [-0.2, -0.15) is 0 Å². The number of hydrogen-bond donors (Lipinski definition) is 1. The van der Waals surface area contributed by atoms with Crippen molar-refractivity contribution >= 4 is 39.1 Å². The Balaban J connectivity index is 2.99. The van der Waals surface area contributed by atoms with Crippen LogP contribution in [-0.4, -0.2) is 5.91 Å². The smallest absolute Gasteiger partial charge is 0.300 e. The van der Waals surface area contributed by atoms with E-state index >= 15 is 0 Å². The predicted molar refractivity (Wildman–Crippen MR) is 66.0 cm³/mol. The van der Waals surface area contributed by atoms with Crippen LogP contribution in [0.25, 0.3) is 0 Å². The van der Waals surface area contributed by atoms with Crippen LogP contribution in [0, 0.1) is 18.8 Å². The number of rotatable bonds is 1. The highest BCUT2D eigenvalue weighted by Crippen LogP contribution is 2.28. The number of halogens is 2. The van der Waals surface area contributed by atoms with Crippen molar-refractivity contribution < 1.29 is 4.79 Å². The molecule has 78 valence electrons. The first-order valence-electron chi connectivity index (χ1n) is 4.24. The fraction of sp³-hybridized carbons (Fsp3) is 0.182. The molecule has 0 aromatic heterocycles. The Morgan fingerprint density at radius 3 is 2.80 bits per heavy atom. The lowest BCUT2D eigenvalue weighted by Gasteiger charge is -2.06. The summed E-state index contributed by atoms with van der Waals surface area (Å²) in [4.78, 5) is 11.2. The SMILES string of the molecule is CC#CC(=O)Nc1cc(Cl)c(C)cc1Br. The van der Waals surface area contributed by atoms with Gasteiger partial charge < -0.3 is 5.32 Å². The molecule has 2 nitrogen and oxygen atoms in total. The third-order valence-corrected chi connectivity index (χ3v) is 2.80. The lowest BCUT2D eigenvalue weighted by molar-refractivity contribution is -0.111. The van der Waals surface area contributed by atoms with Crippen molar-refractivity contribution in [2.24, 2.45) is 0 Å². The fourth-order valence-electron chi connectivity index (χ4n) is 1.01. The molecule has 0 heterocycles. The monoisotopic (exact) mass is 285 g/mol. The summed E-state index contributed by atoms with van der Waals surface area (Å²) in [6.45, 7) is 3.50. The zero-order valence-corrected chi connectivity index (χ0v) is 10.7. The molecule has 0 aliphatic carbocycles. The highest BCUT2D eigenvalue weighted by Gasteiger charge is 2.06. The minimum Gasteiger partial charge on any atom is -0.314 e. The normalized spacial score (nSPS) is 9.07. The Morgan fingerprint density at radius 2 is 2.20 bits per heavy atom. The van der Waals surface area contributed by atoms with Crippen LogP contribution in [0.3, 0.4) is 0 Å². The Bertz CT molecular complexity index is 460. The van der Waals surface area contributed by atoms with Gasteiger partial charge in [-0.1, -0.05) is 17.5 Å². The average Bonchev–Trinajstić information content (AvgIpc) is 2.14. The summed E-state index contributed by atoms with van der Waals surface area (Å²) >= 11 is 9.28. The molecule has 0 unspecified atom stereocenters. The standard InChI is InChI=1S/C11H9BrClNO/c1-3-4-11(15)14-10-6-9(13)7(2)5-8(10)12/h5-6H,1-2H3,(H,14,15). The summed E-state index contributed by atoms with van der Waals surface area (Å²) in [7, 11) is 0. The molecule has 0 fully saturated rings. The number of aryl methyl sites for hydroxylation is 1. The minimum atomic E-state index is -0.349. The zero-order valence-electron chi connectivity index (χ0n) is 8.32. The van der Waals surface area contributed by atoms with Gasteiger partial charge >= 0.3 is 0 Å². The molecule has 1 amide bonds. The van der Waals surface area contributed by atoms with Crippen molar-refractivity contribution in [3.63, 3.8) is 0 Å². The number of benzene rings is 1. The van der Waals surface area contributed by atoms with Crippen LogP contribution in [0.2, 0.25) is 5.02 Å². The van der Waals surface area contributed by atoms with E-state index in [1.807, 2.05) is 13.0 Å². The Kier molecular flexibility index (Phi) is 4.19. The second kappa shape index (κ2) is 5.20. The van der Waals surface area contributed by atoms with Crippen LogP contribution in [0.5, 0.6) is 0 Å². The molecule has 1 N–H and O–H groups in total. The van der Waals surface area contributed by atoms with Crippen LogP contribution >= 0.6 is 27.5 Å². The molecular weight excluding hydrogens is 277 g/mol. The van der Waals surface area contributed by atoms with Crippen molar-refractivity contribution in [2.45, 2.75) is 13.8 Å². The third kappa shape index (κ3) is 3.26. The van der Waals surface area contributed by atoms with E-state index in [0.29, 0.717) is 10.7 Å². The lowest BCUT2D eigenvalue weighted by atomic mass is 10.2. The molecular formula is C11H9BrClNO. The van der Waals surface area contributed by atoms with Gasteiger partial charge in [-0.05, 0) is 53.4 Å². The molecule has 0 aliphatic rings. The lowest BCUT2D eigenvalue weighted by Crippen LogP contribution is -2.08. The third-order valence-electron chi connectivity index (χ3n) is 1.74. The van der Waals surface area contributed by atoms with E-state index in [9.17, 15) is 4.79 Å². The van der Waals surface area contributed by atoms with E-state index in [4.69, 9.17) is 11.6 Å². The van der Waals surface area contributed by atoms with E-state index in [1.165, 1.54) is 0 Å². The maximum absolute atomic E-state index is 11.2. The summed E-state index contributed by atoms with van der Waals surface area (Å²) in [5.74, 6) is 4.57. The molecule has 1 rings (SSSR count). The number of amides is 1. The van der Waals surface area contributed by atoms with Crippen molar-refractivity contribution in [3.05, 3.63) is 27.2 Å². The second-order valence-electron chi connectivity index (χ2n) is 2.91. The number of nitrogens with one attached hydrogen (secondary N) is 1. The average molecular weight is 287 g/mol. The highest BCUT2D eigenvalue weighted by molar-refractivity contribution is 9.10. The maximum Gasteiger partial charge on any atom is 0.300 e. The molecule has 1 aromatic carbocycles.